The summed E-state index contributed by atoms with van der Waals surface area (Å²) in [7, 11) is 0. The number of hydrogen-bond acceptors (Lipinski definition) is 11. The first-order valence-corrected chi connectivity index (χ1v) is 12.0. The Bertz CT molecular complexity index is 1140. The van der Waals surface area contributed by atoms with Crippen LogP contribution < -0.4 is 5.32 Å². The number of nitriles is 1. The highest BCUT2D eigenvalue weighted by molar-refractivity contribution is 5.88. The second kappa shape index (κ2) is 11.8. The van der Waals surface area contributed by atoms with Crippen molar-refractivity contribution < 1.29 is 38.7 Å². The van der Waals surface area contributed by atoms with E-state index in [0.29, 0.717) is 5.52 Å². The van der Waals surface area contributed by atoms with Gasteiger partial charge in [0, 0.05) is 0 Å². The van der Waals surface area contributed by atoms with Crippen LogP contribution in [0.15, 0.2) is 18.5 Å². The number of nitrogens with one attached hydrogen (secondary N) is 1. The van der Waals surface area contributed by atoms with Crippen LogP contribution in [0.3, 0.4) is 0 Å². The zero-order valence-corrected chi connectivity index (χ0v) is 21.3. The predicted octanol–water partition coefficient (Wildman–Crippen LogP) is 1.87. The third-order valence-electron chi connectivity index (χ3n) is 5.83. The first kappa shape index (κ1) is 28.3. The van der Waals surface area contributed by atoms with E-state index in [4.69, 9.17) is 18.9 Å². The smallest absolute Gasteiger partial charge is 0.412 e. The zero-order chi connectivity index (χ0) is 27.2. The summed E-state index contributed by atoms with van der Waals surface area (Å²) in [5.74, 6) is -0.344. The van der Waals surface area contributed by atoms with Gasteiger partial charge in [0.25, 0.3) is 0 Å². The van der Waals surface area contributed by atoms with Gasteiger partial charge >= 0.3 is 12.1 Å². The highest BCUT2D eigenvalue weighted by Gasteiger charge is 2.57. The van der Waals surface area contributed by atoms with Gasteiger partial charge in [0.1, 0.15) is 36.2 Å². The van der Waals surface area contributed by atoms with Crippen LogP contribution in [0.2, 0.25) is 0 Å². The molecule has 0 unspecified atom stereocenters. The number of hydrogen-bond donors (Lipinski definition) is 3. The Labute approximate surface area is 214 Å². The third-order valence-corrected chi connectivity index (χ3v) is 5.83. The lowest BCUT2D eigenvalue weighted by molar-refractivity contribution is -0.170. The number of amides is 1. The Balaban J connectivity index is 1.74. The summed E-state index contributed by atoms with van der Waals surface area (Å²) in [6.45, 7) is 6.75. The molecule has 1 amide bonds. The van der Waals surface area contributed by atoms with Crippen LogP contribution in [-0.4, -0.2) is 75.2 Å². The van der Waals surface area contributed by atoms with Crippen molar-refractivity contribution in [3.05, 3.63) is 24.2 Å². The van der Waals surface area contributed by atoms with Gasteiger partial charge in [-0.25, -0.2) is 14.3 Å². The average Bonchev–Trinajstić information content (AvgIpc) is 3.40. The van der Waals surface area contributed by atoms with Crippen LogP contribution in [0.5, 0.6) is 0 Å². The number of carbonyl (C=O) groups excluding carboxylic acids is 2. The molecule has 3 N–H and O–H groups in total. The quantitative estimate of drug-likeness (QED) is 0.237. The van der Waals surface area contributed by atoms with Crippen LogP contribution >= 0.6 is 0 Å². The summed E-state index contributed by atoms with van der Waals surface area (Å²) >= 11 is 0. The lowest BCUT2D eigenvalue weighted by Gasteiger charge is -2.24. The molecule has 3 rings (SSSR count). The van der Waals surface area contributed by atoms with Crippen molar-refractivity contribution in [2.75, 3.05) is 25.3 Å². The number of aromatic nitrogens is 3. The van der Waals surface area contributed by atoms with Crippen molar-refractivity contribution in [3.8, 4) is 6.07 Å². The number of carbonyl (C=O) groups is 2. The van der Waals surface area contributed by atoms with E-state index in [1.54, 1.807) is 26.8 Å². The van der Waals surface area contributed by atoms with E-state index in [-0.39, 0.29) is 31.5 Å². The number of ether oxygens (including phenoxy) is 4. The molecule has 1 fully saturated rings. The van der Waals surface area contributed by atoms with Gasteiger partial charge in [-0.1, -0.05) is 19.8 Å². The number of aliphatic hydroxyl groups is 2. The fourth-order valence-electron chi connectivity index (χ4n) is 3.75. The Hall–Kier alpha value is -3.31. The summed E-state index contributed by atoms with van der Waals surface area (Å²) in [5.41, 5.74) is -2.29. The van der Waals surface area contributed by atoms with Crippen molar-refractivity contribution in [1.29, 1.82) is 5.26 Å². The maximum absolute atomic E-state index is 12.2. The number of anilines is 1. The summed E-state index contributed by atoms with van der Waals surface area (Å²) in [6.07, 6.45) is -1.10. The van der Waals surface area contributed by atoms with Gasteiger partial charge in [0.05, 0.1) is 24.3 Å². The molecule has 0 radical (unpaired) electrons. The van der Waals surface area contributed by atoms with Gasteiger partial charge in [-0.05, 0) is 39.3 Å². The number of unbranched alkanes of at least 4 members (excludes halogenated alkanes) is 2. The van der Waals surface area contributed by atoms with E-state index in [1.165, 1.54) is 10.6 Å². The van der Waals surface area contributed by atoms with Gasteiger partial charge in [0.15, 0.2) is 12.6 Å². The standard InChI is InChI=1S/C24H33N5O8/c1-5-6-7-10-35-22(33)28-20-15-8-9-17(29(15)27-13-26-20)24(12-25)19(31)18(30)16(37-24)11-34-14-36-21(32)23(2,3)4/h8-9,13,16,18-19,30-31H,5-7,10-11,14H2,1-4H3,(H,26,27,28,33)/t16-,18-,19-,24+/m1/s1. The van der Waals surface area contributed by atoms with E-state index in [2.05, 4.69) is 15.4 Å². The molecule has 0 aliphatic carbocycles. The van der Waals surface area contributed by atoms with E-state index in [9.17, 15) is 25.1 Å². The van der Waals surface area contributed by atoms with Gasteiger partial charge in [-0.3, -0.25) is 10.1 Å². The first-order chi connectivity index (χ1) is 17.5. The van der Waals surface area contributed by atoms with E-state index in [0.717, 1.165) is 25.6 Å². The molecule has 4 atom stereocenters. The molecule has 1 aliphatic heterocycles. The second-order valence-electron chi connectivity index (χ2n) is 9.70. The summed E-state index contributed by atoms with van der Waals surface area (Å²) < 4.78 is 22.6. The minimum Gasteiger partial charge on any atom is -0.449 e. The van der Waals surface area contributed by atoms with E-state index < -0.39 is 41.4 Å². The minimum atomic E-state index is -2.01. The van der Waals surface area contributed by atoms with Crippen LogP contribution in [-0.2, 0) is 29.3 Å². The van der Waals surface area contributed by atoms with Gasteiger partial charge in [-0.2, -0.15) is 10.4 Å². The van der Waals surface area contributed by atoms with Crippen LogP contribution in [0.4, 0.5) is 10.6 Å². The molecule has 0 bridgehead atoms. The largest absolute Gasteiger partial charge is 0.449 e. The first-order valence-electron chi connectivity index (χ1n) is 12.0. The molecule has 3 heterocycles. The molecule has 1 aliphatic rings. The zero-order valence-electron chi connectivity index (χ0n) is 21.3. The highest BCUT2D eigenvalue weighted by Crippen LogP contribution is 2.40. The lowest BCUT2D eigenvalue weighted by atomic mass is 9.92. The predicted molar refractivity (Wildman–Crippen MR) is 128 cm³/mol. The molecule has 202 valence electrons. The average molecular weight is 520 g/mol. The molecule has 13 heteroatoms. The summed E-state index contributed by atoms with van der Waals surface area (Å²) in [4.78, 5) is 28.1. The Morgan fingerprint density at radius 3 is 2.70 bits per heavy atom. The summed E-state index contributed by atoms with van der Waals surface area (Å²) in [5, 5.41) is 38.2. The highest BCUT2D eigenvalue weighted by atomic mass is 16.7. The van der Waals surface area contributed by atoms with Gasteiger partial charge in [0.2, 0.25) is 5.60 Å². The van der Waals surface area contributed by atoms with Crippen molar-refractivity contribution in [3.63, 3.8) is 0 Å². The van der Waals surface area contributed by atoms with Crippen molar-refractivity contribution in [2.24, 2.45) is 5.41 Å². The number of esters is 1. The topological polar surface area (TPSA) is 178 Å². The molecule has 2 aromatic rings. The van der Waals surface area contributed by atoms with Crippen LogP contribution in [0, 0.1) is 16.7 Å². The lowest BCUT2D eigenvalue weighted by Crippen LogP contribution is -2.41. The van der Waals surface area contributed by atoms with Crippen molar-refractivity contribution >= 4 is 23.4 Å². The maximum atomic E-state index is 12.2. The molecule has 0 aromatic carbocycles. The molecule has 1 saturated heterocycles. The van der Waals surface area contributed by atoms with Gasteiger partial charge < -0.3 is 29.2 Å². The number of fused-ring (bicyclic) bond motifs is 1. The Morgan fingerprint density at radius 1 is 1.27 bits per heavy atom. The third kappa shape index (κ3) is 6.16. The van der Waals surface area contributed by atoms with E-state index in [1.807, 2.05) is 13.0 Å². The SMILES string of the molecule is CCCCCOC(=O)Nc1ncnn2c([C@]3(C#N)O[C@H](COCOC(=O)C(C)(C)C)[C@@H](O)[C@H]3O)ccc12. The minimum absolute atomic E-state index is 0.111. The fraction of sp³-hybridized carbons (Fsp3) is 0.625. The normalized spacial score (nSPS) is 23.5. The second-order valence-corrected chi connectivity index (χ2v) is 9.70. The van der Waals surface area contributed by atoms with Crippen molar-refractivity contribution in [1.82, 2.24) is 14.6 Å². The molecule has 37 heavy (non-hydrogen) atoms. The monoisotopic (exact) mass is 519 g/mol. The Morgan fingerprint density at radius 2 is 2.03 bits per heavy atom. The van der Waals surface area contributed by atoms with Crippen LogP contribution in [0.25, 0.3) is 5.52 Å². The molecular weight excluding hydrogens is 486 g/mol. The molecular formula is C24H33N5O8. The van der Waals surface area contributed by atoms with E-state index >= 15 is 0 Å². The van der Waals surface area contributed by atoms with Crippen LogP contribution in [0.1, 0.15) is 52.7 Å². The van der Waals surface area contributed by atoms with Crippen molar-refractivity contribution in [2.45, 2.75) is 70.9 Å². The molecule has 0 spiro atoms. The van der Waals surface area contributed by atoms with Gasteiger partial charge in [-0.15, -0.1) is 0 Å². The number of aliphatic hydroxyl groups excluding tert-OH is 2. The molecule has 13 nitrogen and oxygen atoms in total. The summed E-state index contributed by atoms with van der Waals surface area (Å²) in [6, 6.07) is 4.97. The number of nitrogens with zero attached hydrogens (tertiary/aromatic N) is 4. The maximum Gasteiger partial charge on any atom is 0.412 e. The molecule has 2 aromatic heterocycles. The fourth-order valence-corrected chi connectivity index (χ4v) is 3.75. The Kier molecular flexibility index (Phi) is 9.03. The number of rotatable bonds is 10. The molecule has 0 saturated carbocycles.